The Hall–Kier alpha value is -3.96. The SMILES string of the molecule is C=CC(=O)N1C[C@H](C)N(c2nc(OCCN3CCCC3)nc3c(F)c(/C(C(=C)C)=c4\c(N)n[nH]\c4=C\C)c(Cl)cc23)C[C@H]1C. The van der Waals surface area contributed by atoms with E-state index < -0.39 is 5.82 Å². The highest BCUT2D eigenvalue weighted by Crippen LogP contribution is 2.38. The van der Waals surface area contributed by atoms with Crippen LogP contribution in [0.25, 0.3) is 22.6 Å². The number of allylic oxidation sites excluding steroid dienone is 1. The number of anilines is 2. The molecule has 2 atom stereocenters. The molecule has 1 amide bonds. The van der Waals surface area contributed by atoms with Gasteiger partial charge in [-0.3, -0.25) is 14.8 Å². The van der Waals surface area contributed by atoms with Crippen LogP contribution in [0.4, 0.5) is 16.0 Å². The van der Waals surface area contributed by atoms with Crippen LogP contribution in [0.15, 0.2) is 30.9 Å². The molecule has 2 aliphatic rings. The smallest absolute Gasteiger partial charge is 0.319 e. The van der Waals surface area contributed by atoms with Crippen LogP contribution in [0.3, 0.4) is 0 Å². The Bertz CT molecular complexity index is 1730. The summed E-state index contributed by atoms with van der Waals surface area (Å²) in [6, 6.07) is 1.48. The van der Waals surface area contributed by atoms with Gasteiger partial charge in [-0.05, 0) is 71.3 Å². The number of fused-ring (bicyclic) bond motifs is 1. The molecular formula is C32H40ClFN8O2. The predicted molar refractivity (Wildman–Crippen MR) is 174 cm³/mol. The fourth-order valence-corrected chi connectivity index (χ4v) is 6.47. The third-order valence-corrected chi connectivity index (χ3v) is 8.73. The van der Waals surface area contributed by atoms with Crippen LogP contribution >= 0.6 is 11.6 Å². The normalized spacial score (nSPS) is 20.4. The number of carbonyl (C=O) groups excluding carboxylic acids is 1. The lowest BCUT2D eigenvalue weighted by Crippen LogP contribution is -2.58. The maximum Gasteiger partial charge on any atom is 0.319 e. The summed E-state index contributed by atoms with van der Waals surface area (Å²) in [6.07, 6.45) is 5.47. The molecule has 4 heterocycles. The van der Waals surface area contributed by atoms with E-state index in [1.807, 2.05) is 20.8 Å². The van der Waals surface area contributed by atoms with Crippen molar-refractivity contribution in [2.24, 2.45) is 0 Å². The lowest BCUT2D eigenvalue weighted by Gasteiger charge is -2.44. The van der Waals surface area contributed by atoms with Crippen molar-refractivity contribution in [3.05, 3.63) is 57.8 Å². The van der Waals surface area contributed by atoms with Crippen LogP contribution in [0, 0.1) is 5.82 Å². The minimum absolute atomic E-state index is 0.0675. The molecule has 0 saturated carbocycles. The molecule has 2 saturated heterocycles. The molecule has 0 bridgehead atoms. The first-order valence-electron chi connectivity index (χ1n) is 15.0. The zero-order valence-electron chi connectivity index (χ0n) is 25.8. The summed E-state index contributed by atoms with van der Waals surface area (Å²) in [7, 11) is 0. The van der Waals surface area contributed by atoms with Gasteiger partial charge in [0, 0.05) is 48.2 Å². The zero-order valence-corrected chi connectivity index (χ0v) is 26.5. The van der Waals surface area contributed by atoms with Crippen molar-refractivity contribution in [1.82, 2.24) is 30.0 Å². The Morgan fingerprint density at radius 3 is 2.64 bits per heavy atom. The van der Waals surface area contributed by atoms with Crippen molar-refractivity contribution >= 4 is 51.7 Å². The van der Waals surface area contributed by atoms with E-state index in [1.165, 1.54) is 18.9 Å². The van der Waals surface area contributed by atoms with Crippen molar-refractivity contribution in [2.45, 2.75) is 52.6 Å². The number of H-pyrrole nitrogens is 1. The topological polar surface area (TPSA) is 116 Å². The standard InChI is InChI=1S/C32H40ClFN8O2/c1-7-23-27(30(35)39-38-23)25(18(3)4)26-22(33)15-21-29(28(26)34)36-32(44-14-13-40-11-9-10-12-40)37-31(21)42-17-19(5)41(16-20(42)6)24(43)8-2/h7-8,15,19-20,38H,2-3,9-14,16-17H2,1,4-6H3,(H2,35,39)/b23-7+,27-25-/t19-,20+/m1/s1. The molecule has 1 aromatic carbocycles. The minimum atomic E-state index is -0.637. The number of likely N-dealkylation sites (tertiary alicyclic amines) is 1. The number of nitrogens with one attached hydrogen (secondary N) is 1. The average Bonchev–Trinajstić information content (AvgIpc) is 3.65. The van der Waals surface area contributed by atoms with Gasteiger partial charge in [0.25, 0.3) is 0 Å². The van der Waals surface area contributed by atoms with Crippen LogP contribution < -0.4 is 25.9 Å². The number of nitrogens with two attached hydrogens (primary N) is 1. The van der Waals surface area contributed by atoms with Crippen molar-refractivity contribution in [2.75, 3.05) is 50.0 Å². The number of amides is 1. The number of halogens is 2. The summed E-state index contributed by atoms with van der Waals surface area (Å²) >= 11 is 6.91. The molecule has 0 aliphatic carbocycles. The largest absolute Gasteiger partial charge is 0.462 e. The van der Waals surface area contributed by atoms with Crippen molar-refractivity contribution in [3.63, 3.8) is 0 Å². The number of hydrogen-bond donors (Lipinski definition) is 2. The van der Waals surface area contributed by atoms with Gasteiger partial charge in [0.05, 0.1) is 15.6 Å². The Morgan fingerprint density at radius 2 is 1.98 bits per heavy atom. The summed E-state index contributed by atoms with van der Waals surface area (Å²) in [5.74, 6) is -0.0739. The van der Waals surface area contributed by atoms with Gasteiger partial charge in [-0.1, -0.05) is 30.8 Å². The van der Waals surface area contributed by atoms with E-state index in [0.29, 0.717) is 52.6 Å². The summed E-state index contributed by atoms with van der Waals surface area (Å²) in [4.78, 5) is 28.1. The molecule has 12 heteroatoms. The number of nitrogens with zero attached hydrogens (tertiary/aromatic N) is 6. The summed E-state index contributed by atoms with van der Waals surface area (Å²) < 4.78 is 23.0. The molecule has 3 N–H and O–H groups in total. The molecule has 2 aliphatic heterocycles. The highest BCUT2D eigenvalue weighted by molar-refractivity contribution is 6.33. The number of rotatable bonds is 8. The van der Waals surface area contributed by atoms with Crippen LogP contribution in [-0.2, 0) is 4.79 Å². The van der Waals surface area contributed by atoms with Gasteiger partial charge in [0.1, 0.15) is 17.9 Å². The monoisotopic (exact) mass is 622 g/mol. The fraction of sp³-hybridized carbons (Fsp3) is 0.438. The molecule has 5 rings (SSSR count). The lowest BCUT2D eigenvalue weighted by atomic mass is 9.95. The highest BCUT2D eigenvalue weighted by atomic mass is 35.5. The number of aromatic nitrogens is 4. The first kappa shape index (κ1) is 31.5. The van der Waals surface area contributed by atoms with E-state index in [1.54, 1.807) is 24.0 Å². The third kappa shape index (κ3) is 5.90. The molecule has 44 heavy (non-hydrogen) atoms. The van der Waals surface area contributed by atoms with E-state index in [-0.39, 0.29) is 45.9 Å². The quantitative estimate of drug-likeness (QED) is 0.367. The maximum absolute atomic E-state index is 16.9. The molecule has 10 nitrogen and oxygen atoms in total. The number of hydrogen-bond acceptors (Lipinski definition) is 8. The highest BCUT2D eigenvalue weighted by Gasteiger charge is 2.34. The van der Waals surface area contributed by atoms with E-state index in [4.69, 9.17) is 27.1 Å². The van der Waals surface area contributed by atoms with Gasteiger partial charge >= 0.3 is 6.01 Å². The van der Waals surface area contributed by atoms with E-state index in [2.05, 4.69) is 38.1 Å². The molecule has 3 aromatic rings. The number of ether oxygens (including phenoxy) is 1. The molecule has 234 valence electrons. The second kappa shape index (κ2) is 13.0. The Balaban J connectivity index is 1.69. The van der Waals surface area contributed by atoms with Crippen LogP contribution in [0.1, 0.15) is 46.1 Å². The van der Waals surface area contributed by atoms with Gasteiger partial charge in [-0.15, -0.1) is 0 Å². The average molecular weight is 623 g/mol. The fourth-order valence-electron chi connectivity index (χ4n) is 6.18. The molecular weight excluding hydrogens is 583 g/mol. The van der Waals surface area contributed by atoms with Crippen molar-refractivity contribution < 1.29 is 13.9 Å². The first-order chi connectivity index (χ1) is 21.0. The van der Waals surface area contributed by atoms with Gasteiger partial charge in [0.2, 0.25) is 5.91 Å². The predicted octanol–water partition coefficient (Wildman–Crippen LogP) is 3.39. The Morgan fingerprint density at radius 1 is 1.25 bits per heavy atom. The zero-order chi connectivity index (χ0) is 31.7. The van der Waals surface area contributed by atoms with Crippen molar-refractivity contribution in [1.29, 1.82) is 0 Å². The van der Waals surface area contributed by atoms with Crippen LogP contribution in [-0.4, -0.2) is 87.3 Å². The molecule has 0 unspecified atom stereocenters. The van der Waals surface area contributed by atoms with E-state index in [9.17, 15) is 4.79 Å². The lowest BCUT2D eigenvalue weighted by molar-refractivity contribution is -0.128. The number of carbonyl (C=O) groups is 1. The molecule has 2 fully saturated rings. The van der Waals surface area contributed by atoms with Crippen LogP contribution in [0.2, 0.25) is 5.02 Å². The first-order valence-corrected chi connectivity index (χ1v) is 15.3. The van der Waals surface area contributed by atoms with E-state index >= 15 is 4.39 Å². The maximum atomic E-state index is 16.9. The number of aromatic amines is 1. The summed E-state index contributed by atoms with van der Waals surface area (Å²) in [5, 5.41) is 8.76. The van der Waals surface area contributed by atoms with Gasteiger partial charge < -0.3 is 20.3 Å². The van der Waals surface area contributed by atoms with Gasteiger partial charge in [0.15, 0.2) is 11.6 Å². The second-order valence-corrected chi connectivity index (χ2v) is 12.0. The number of piperazine rings is 1. The number of nitrogen functional groups attached to an aromatic ring is 1. The van der Waals surface area contributed by atoms with Crippen molar-refractivity contribution in [3.8, 4) is 6.01 Å². The second-order valence-electron chi connectivity index (χ2n) is 11.6. The van der Waals surface area contributed by atoms with Gasteiger partial charge in [-0.25, -0.2) is 4.39 Å². The van der Waals surface area contributed by atoms with E-state index in [0.717, 1.165) is 19.6 Å². The van der Waals surface area contributed by atoms with Gasteiger partial charge in [-0.2, -0.15) is 15.1 Å². The molecule has 2 aromatic heterocycles. The third-order valence-electron chi connectivity index (χ3n) is 8.43. The Kier molecular flexibility index (Phi) is 9.26. The molecule has 0 spiro atoms. The minimum Gasteiger partial charge on any atom is -0.462 e. The summed E-state index contributed by atoms with van der Waals surface area (Å²) in [6.45, 7) is 19.4. The number of benzene rings is 1. The molecule has 0 radical (unpaired) electrons. The Labute approximate surface area is 261 Å². The summed E-state index contributed by atoms with van der Waals surface area (Å²) in [5.41, 5.74) is 7.43. The van der Waals surface area contributed by atoms with Crippen LogP contribution in [0.5, 0.6) is 6.01 Å².